The molecule has 2 aromatic carbocycles. The topological polar surface area (TPSA) is 60.4 Å². The summed E-state index contributed by atoms with van der Waals surface area (Å²) in [6, 6.07) is 16.3. The van der Waals surface area contributed by atoms with Gasteiger partial charge in [0.25, 0.3) is 0 Å². The summed E-state index contributed by atoms with van der Waals surface area (Å²) >= 11 is 13.1. The van der Waals surface area contributed by atoms with Crippen LogP contribution in [0.15, 0.2) is 68.7 Å². The quantitative estimate of drug-likeness (QED) is 0.562. The number of rotatable bonds is 4. The Kier molecular flexibility index (Phi) is 5.18. The summed E-state index contributed by atoms with van der Waals surface area (Å²) in [5.74, 6) is -0.768. The van der Waals surface area contributed by atoms with Gasteiger partial charge in [0.2, 0.25) is 0 Å². The lowest BCUT2D eigenvalue weighted by Gasteiger charge is -2.30. The van der Waals surface area contributed by atoms with Crippen LogP contribution in [-0.4, -0.2) is 23.3 Å². The highest BCUT2D eigenvalue weighted by Gasteiger charge is 2.48. The van der Waals surface area contributed by atoms with Crippen LogP contribution < -0.4 is 11.4 Å². The van der Waals surface area contributed by atoms with Crippen LogP contribution in [0, 0.1) is 0 Å². The first-order valence-corrected chi connectivity index (χ1v) is 10.5. The Morgan fingerprint density at radius 3 is 2.55 bits per heavy atom. The van der Waals surface area contributed by atoms with Gasteiger partial charge < -0.3 is 9.42 Å². The molecule has 1 aromatic heterocycles. The van der Waals surface area contributed by atoms with E-state index in [0.29, 0.717) is 21.6 Å². The van der Waals surface area contributed by atoms with Gasteiger partial charge in [0, 0.05) is 11.6 Å². The van der Waals surface area contributed by atoms with Crippen LogP contribution in [0.25, 0.3) is 5.69 Å². The van der Waals surface area contributed by atoms with Crippen LogP contribution >= 0.6 is 35.6 Å². The van der Waals surface area contributed by atoms with Crippen LogP contribution in [0.3, 0.4) is 0 Å². The number of aromatic nitrogens is 2. The van der Waals surface area contributed by atoms with Gasteiger partial charge in [0.1, 0.15) is 4.32 Å². The van der Waals surface area contributed by atoms with Crippen molar-refractivity contribution in [3.05, 3.63) is 86.2 Å². The highest BCUT2D eigenvalue weighted by atomic mass is 35.5. The molecule has 150 valence electrons. The third kappa shape index (κ3) is 3.68. The molecule has 29 heavy (non-hydrogen) atoms. The minimum absolute atomic E-state index is 0.357. The van der Waals surface area contributed by atoms with Crippen molar-refractivity contribution in [2.24, 2.45) is 0 Å². The van der Waals surface area contributed by atoms with Crippen molar-refractivity contribution in [1.29, 1.82) is 0 Å². The Morgan fingerprint density at radius 2 is 1.86 bits per heavy atom. The van der Waals surface area contributed by atoms with Gasteiger partial charge in [-0.2, -0.15) is 4.57 Å². The molecule has 0 spiro atoms. The first-order valence-electron chi connectivity index (χ1n) is 8.92. The zero-order chi connectivity index (χ0) is 20.8. The number of nitrogens with zero attached hydrogens (tertiary/aromatic N) is 3. The lowest BCUT2D eigenvalue weighted by Crippen LogP contribution is -2.42. The van der Waals surface area contributed by atoms with E-state index in [1.54, 1.807) is 24.3 Å². The van der Waals surface area contributed by atoms with E-state index in [0.717, 1.165) is 14.9 Å². The molecule has 0 bridgehead atoms. The zero-order valence-corrected chi connectivity index (χ0v) is 18.1. The molecule has 2 heterocycles. The third-order valence-corrected chi connectivity index (χ3v) is 6.59. The molecule has 3 aromatic rings. The Balaban J connectivity index is 1.81. The molecule has 1 aliphatic rings. The lowest BCUT2D eigenvalue weighted by atomic mass is 10.1. The van der Waals surface area contributed by atoms with Gasteiger partial charge >= 0.3 is 11.4 Å². The minimum atomic E-state index is -0.768. The smallest absolute Gasteiger partial charge is 0.328 e. The van der Waals surface area contributed by atoms with E-state index in [-0.39, 0.29) is 0 Å². The van der Waals surface area contributed by atoms with E-state index in [4.69, 9.17) is 28.3 Å². The molecule has 1 aliphatic heterocycles. The van der Waals surface area contributed by atoms with E-state index in [2.05, 4.69) is 0 Å². The molecule has 1 saturated heterocycles. The summed E-state index contributed by atoms with van der Waals surface area (Å²) in [4.78, 5) is 27.7. The summed E-state index contributed by atoms with van der Waals surface area (Å²) in [6.45, 7) is 4.45. The predicted octanol–water partition coefficient (Wildman–Crippen LogP) is 4.06. The molecular weight excluding hydrogens is 430 g/mol. The molecular formula is C20H18ClN3O3S2. The van der Waals surface area contributed by atoms with E-state index in [9.17, 15) is 9.59 Å². The monoisotopic (exact) mass is 447 g/mol. The van der Waals surface area contributed by atoms with Gasteiger partial charge in [-0.1, -0.05) is 72.0 Å². The van der Waals surface area contributed by atoms with Gasteiger partial charge in [-0.15, -0.1) is 4.74 Å². The van der Waals surface area contributed by atoms with Crippen molar-refractivity contribution in [3.63, 3.8) is 0 Å². The fourth-order valence-corrected chi connectivity index (χ4v) is 5.53. The SMILES string of the molecule is CC1(C)SC(=S)N(Cc2ccccc2)C1n1oc(=O)n(-c2cccc(Cl)c2)c1=O. The maximum atomic E-state index is 13.2. The van der Waals surface area contributed by atoms with Crippen LogP contribution in [0.4, 0.5) is 0 Å². The Morgan fingerprint density at radius 1 is 1.14 bits per heavy atom. The van der Waals surface area contributed by atoms with Crippen molar-refractivity contribution in [2.45, 2.75) is 31.3 Å². The van der Waals surface area contributed by atoms with Crippen molar-refractivity contribution in [3.8, 4) is 5.69 Å². The molecule has 1 unspecified atom stereocenters. The fourth-order valence-electron chi connectivity index (χ4n) is 3.48. The largest absolute Gasteiger partial charge is 0.447 e. The van der Waals surface area contributed by atoms with Crippen LogP contribution in [-0.2, 0) is 6.54 Å². The number of hydrogen-bond acceptors (Lipinski definition) is 5. The maximum absolute atomic E-state index is 13.2. The Bertz CT molecular complexity index is 1180. The van der Waals surface area contributed by atoms with Gasteiger partial charge in [0.05, 0.1) is 10.4 Å². The molecule has 0 aliphatic carbocycles. The van der Waals surface area contributed by atoms with E-state index in [1.165, 1.54) is 11.8 Å². The number of halogens is 1. The summed E-state index contributed by atoms with van der Waals surface area (Å²) in [5, 5.41) is 0.421. The summed E-state index contributed by atoms with van der Waals surface area (Å²) in [5.41, 5.74) is 0.831. The van der Waals surface area contributed by atoms with Crippen molar-refractivity contribution in [1.82, 2.24) is 14.2 Å². The first-order chi connectivity index (χ1) is 13.8. The van der Waals surface area contributed by atoms with Gasteiger partial charge in [0.15, 0.2) is 6.17 Å². The normalized spacial score (nSPS) is 18.4. The summed E-state index contributed by atoms with van der Waals surface area (Å²) < 4.78 is 7.70. The van der Waals surface area contributed by atoms with E-state index >= 15 is 0 Å². The highest BCUT2D eigenvalue weighted by molar-refractivity contribution is 8.24. The fraction of sp³-hybridized carbons (Fsp3) is 0.250. The molecule has 1 atom stereocenters. The van der Waals surface area contributed by atoms with Crippen molar-refractivity contribution >= 4 is 39.9 Å². The van der Waals surface area contributed by atoms with Crippen LogP contribution in [0.1, 0.15) is 25.6 Å². The number of hydrogen-bond donors (Lipinski definition) is 0. The van der Waals surface area contributed by atoms with Crippen LogP contribution in [0.2, 0.25) is 5.02 Å². The van der Waals surface area contributed by atoms with Gasteiger partial charge in [-0.3, -0.25) is 0 Å². The molecule has 0 saturated carbocycles. The van der Waals surface area contributed by atoms with Crippen LogP contribution in [0.5, 0.6) is 0 Å². The second-order valence-corrected chi connectivity index (χ2v) is 9.96. The van der Waals surface area contributed by atoms with Crippen molar-refractivity contribution < 1.29 is 4.52 Å². The second kappa shape index (κ2) is 7.51. The molecule has 1 fully saturated rings. The third-order valence-electron chi connectivity index (χ3n) is 4.73. The number of benzene rings is 2. The Labute approximate surface area is 181 Å². The van der Waals surface area contributed by atoms with E-state index < -0.39 is 22.4 Å². The van der Waals surface area contributed by atoms with E-state index in [1.807, 2.05) is 49.1 Å². The molecule has 0 amide bonds. The molecule has 4 rings (SSSR count). The van der Waals surface area contributed by atoms with Gasteiger partial charge in [-0.25, -0.2) is 9.59 Å². The highest BCUT2D eigenvalue weighted by Crippen LogP contribution is 2.47. The summed E-state index contributed by atoms with van der Waals surface area (Å²) in [7, 11) is 0. The second-order valence-electron chi connectivity index (χ2n) is 7.24. The van der Waals surface area contributed by atoms with Crippen molar-refractivity contribution in [2.75, 3.05) is 0 Å². The zero-order valence-electron chi connectivity index (χ0n) is 15.7. The molecule has 0 radical (unpaired) electrons. The number of thioether (sulfide) groups is 1. The first kappa shape index (κ1) is 20.0. The number of thiocarbonyl (C=S) groups is 1. The lowest BCUT2D eigenvalue weighted by molar-refractivity contribution is 0.0866. The summed E-state index contributed by atoms with van der Waals surface area (Å²) in [6.07, 6.45) is -0.555. The standard InChI is InChI=1S/C20H18ClN3O3S2/c1-20(2)16(22(19(28)29-20)12-13-7-4-3-5-8-13)24-17(25)23(18(26)27-24)15-10-6-9-14(21)11-15/h3-11,16H,12H2,1-2H3. The maximum Gasteiger partial charge on any atom is 0.447 e. The molecule has 6 nitrogen and oxygen atoms in total. The molecule has 9 heteroatoms. The molecule has 0 N–H and O–H groups in total. The average Bonchev–Trinajstić information content (AvgIpc) is 3.07. The van der Waals surface area contributed by atoms with Gasteiger partial charge in [-0.05, 0) is 37.6 Å². The Hall–Kier alpha value is -2.29. The average molecular weight is 448 g/mol. The minimum Gasteiger partial charge on any atom is -0.328 e. The predicted molar refractivity (Wildman–Crippen MR) is 119 cm³/mol.